The van der Waals surface area contributed by atoms with Crippen LogP contribution in [0.2, 0.25) is 0 Å². The van der Waals surface area contributed by atoms with Gasteiger partial charge in [0, 0.05) is 37.7 Å². The van der Waals surface area contributed by atoms with Gasteiger partial charge in [0.15, 0.2) is 12.4 Å². The number of carbonyl (C=O) groups is 1. The number of nitrogens with zero attached hydrogens (tertiary/aromatic N) is 5. The van der Waals surface area contributed by atoms with E-state index in [9.17, 15) is 9.59 Å². The fourth-order valence-electron chi connectivity index (χ4n) is 3.53. The zero-order valence-corrected chi connectivity index (χ0v) is 20.6. The van der Waals surface area contributed by atoms with Crippen molar-refractivity contribution in [3.05, 3.63) is 93.9 Å². The highest BCUT2D eigenvalue weighted by molar-refractivity contribution is 5.95. The zero-order valence-electron chi connectivity index (χ0n) is 20.6. The van der Waals surface area contributed by atoms with Gasteiger partial charge in [-0.3, -0.25) is 15.2 Å². The fraction of sp³-hybridized carbons (Fsp3) is 0.200. The number of hydrogen-bond donors (Lipinski definition) is 4. The van der Waals surface area contributed by atoms with Crippen LogP contribution in [0.5, 0.6) is 5.75 Å². The summed E-state index contributed by atoms with van der Waals surface area (Å²) >= 11 is 0. The summed E-state index contributed by atoms with van der Waals surface area (Å²) in [5.74, 6) is 0.733. The van der Waals surface area contributed by atoms with E-state index in [2.05, 4.69) is 25.4 Å². The Morgan fingerprint density at radius 2 is 1.89 bits per heavy atom. The lowest BCUT2D eigenvalue weighted by atomic mass is 10.0. The van der Waals surface area contributed by atoms with Gasteiger partial charge in [0.2, 0.25) is 0 Å². The Kier molecular flexibility index (Phi) is 7.28. The highest BCUT2D eigenvalue weighted by Gasteiger charge is 2.22. The van der Waals surface area contributed by atoms with Crippen molar-refractivity contribution in [1.82, 2.24) is 29.6 Å². The van der Waals surface area contributed by atoms with E-state index in [1.54, 1.807) is 50.5 Å². The molecule has 0 bridgehead atoms. The first-order valence-corrected chi connectivity index (χ1v) is 11.3. The molecule has 2 aromatic carbocycles. The highest BCUT2D eigenvalue weighted by atomic mass is 16.5. The molecule has 1 unspecified atom stereocenters. The van der Waals surface area contributed by atoms with Crippen LogP contribution in [-0.2, 0) is 4.79 Å². The maximum atomic E-state index is 12.8. The van der Waals surface area contributed by atoms with Gasteiger partial charge in [-0.1, -0.05) is 6.07 Å². The summed E-state index contributed by atoms with van der Waals surface area (Å²) in [6, 6.07) is 13.6. The van der Waals surface area contributed by atoms with E-state index in [1.807, 2.05) is 19.1 Å². The number of amides is 1. The van der Waals surface area contributed by atoms with Crippen LogP contribution in [0.4, 0.5) is 5.69 Å². The Morgan fingerprint density at radius 3 is 2.54 bits per heavy atom. The number of ether oxygens (including phenoxy) is 1. The molecular weight excluding hydrogens is 474 g/mol. The van der Waals surface area contributed by atoms with Gasteiger partial charge in [-0.25, -0.2) is 14.8 Å². The number of amidine groups is 1. The Labute approximate surface area is 212 Å². The number of carbonyl (C=O) groups excluding carboxylic acids is 1. The van der Waals surface area contributed by atoms with Gasteiger partial charge in [0.05, 0.1) is 0 Å². The van der Waals surface area contributed by atoms with Gasteiger partial charge in [-0.2, -0.15) is 0 Å². The fourth-order valence-corrected chi connectivity index (χ4v) is 3.53. The van der Waals surface area contributed by atoms with Gasteiger partial charge in [0.25, 0.3) is 11.9 Å². The molecule has 0 spiro atoms. The quantitative estimate of drug-likeness (QED) is 0.198. The third-order valence-corrected chi connectivity index (χ3v) is 5.42. The monoisotopic (exact) mass is 501 g/mol. The molecule has 4 aromatic rings. The Morgan fingerprint density at radius 1 is 1.19 bits per heavy atom. The van der Waals surface area contributed by atoms with Crippen molar-refractivity contribution < 1.29 is 9.53 Å². The van der Waals surface area contributed by atoms with Crippen LogP contribution in [0, 0.1) is 12.3 Å². The summed E-state index contributed by atoms with van der Waals surface area (Å²) in [7, 11) is 3.32. The Hall–Kier alpha value is -5.00. The third-order valence-electron chi connectivity index (χ3n) is 5.42. The largest absolute Gasteiger partial charge is 0.484 e. The minimum atomic E-state index is -0.618. The number of likely N-dealkylation sites (N-methyl/N-ethyl adjacent to an activating group) is 1. The highest BCUT2D eigenvalue weighted by Crippen LogP contribution is 2.28. The second kappa shape index (κ2) is 10.7. The van der Waals surface area contributed by atoms with Crippen molar-refractivity contribution in [3.63, 3.8) is 0 Å². The lowest BCUT2D eigenvalue weighted by Crippen LogP contribution is -2.27. The summed E-state index contributed by atoms with van der Waals surface area (Å²) in [5.41, 5.74) is 7.98. The summed E-state index contributed by atoms with van der Waals surface area (Å²) in [4.78, 5) is 37.3. The normalized spacial score (nSPS) is 11.5. The number of anilines is 1. The van der Waals surface area contributed by atoms with Crippen molar-refractivity contribution in [1.29, 1.82) is 5.41 Å². The van der Waals surface area contributed by atoms with Crippen molar-refractivity contribution in [2.24, 2.45) is 5.73 Å². The van der Waals surface area contributed by atoms with E-state index in [4.69, 9.17) is 15.9 Å². The summed E-state index contributed by atoms with van der Waals surface area (Å²) in [5, 5.41) is 15.5. The van der Waals surface area contributed by atoms with E-state index < -0.39 is 11.7 Å². The van der Waals surface area contributed by atoms with Crippen molar-refractivity contribution in [2.75, 3.05) is 26.0 Å². The number of rotatable bonds is 9. The van der Waals surface area contributed by atoms with Crippen LogP contribution < -0.4 is 21.5 Å². The van der Waals surface area contributed by atoms with Gasteiger partial charge >= 0.3 is 5.69 Å². The molecule has 5 N–H and O–H groups in total. The summed E-state index contributed by atoms with van der Waals surface area (Å²) in [6.07, 6.45) is 3.04. The average molecular weight is 502 g/mol. The van der Waals surface area contributed by atoms with E-state index in [-0.39, 0.29) is 24.3 Å². The minimum absolute atomic E-state index is 0.0400. The van der Waals surface area contributed by atoms with Crippen molar-refractivity contribution >= 4 is 17.4 Å². The molecule has 0 saturated heterocycles. The average Bonchev–Trinajstić information content (AvgIpc) is 3.27. The molecule has 12 nitrogen and oxygen atoms in total. The second-order valence-corrected chi connectivity index (χ2v) is 8.50. The lowest BCUT2D eigenvalue weighted by molar-refractivity contribution is -0.130. The van der Waals surface area contributed by atoms with Crippen molar-refractivity contribution in [3.8, 4) is 11.7 Å². The van der Waals surface area contributed by atoms with Crippen LogP contribution >= 0.6 is 0 Å². The molecule has 37 heavy (non-hydrogen) atoms. The smallest absolute Gasteiger partial charge is 0.350 e. The predicted molar refractivity (Wildman–Crippen MR) is 138 cm³/mol. The summed E-state index contributed by atoms with van der Waals surface area (Å²) < 4.78 is 6.84. The molecule has 1 amide bonds. The molecule has 0 radical (unpaired) electrons. The number of aromatic nitrogens is 5. The maximum absolute atomic E-state index is 12.8. The number of benzene rings is 2. The van der Waals surface area contributed by atoms with Crippen LogP contribution in [0.25, 0.3) is 5.95 Å². The minimum Gasteiger partial charge on any atom is -0.484 e. The number of nitrogens with two attached hydrogens (primary N) is 1. The first kappa shape index (κ1) is 25.1. The summed E-state index contributed by atoms with van der Waals surface area (Å²) in [6.45, 7) is 1.79. The van der Waals surface area contributed by atoms with Crippen LogP contribution in [0.3, 0.4) is 0 Å². The number of aryl methyl sites for hydroxylation is 1. The second-order valence-electron chi connectivity index (χ2n) is 8.50. The number of nitrogen functional groups attached to an aromatic ring is 1. The number of hydrogen-bond acceptors (Lipinski definition) is 8. The molecule has 0 aliphatic heterocycles. The zero-order chi connectivity index (χ0) is 26.5. The Balaban J connectivity index is 1.74. The van der Waals surface area contributed by atoms with Gasteiger partial charge in [-0.15, -0.1) is 9.78 Å². The van der Waals surface area contributed by atoms with Crippen LogP contribution in [0.1, 0.15) is 28.6 Å². The molecule has 190 valence electrons. The third kappa shape index (κ3) is 5.99. The molecule has 1 atom stereocenters. The molecule has 0 aliphatic rings. The van der Waals surface area contributed by atoms with E-state index in [0.717, 1.165) is 15.8 Å². The molecule has 12 heteroatoms. The molecule has 2 heterocycles. The standard InChI is InChI=1S/C25H27N9O3/c1-15-11-17(13-19(12-15)37-14-20(35)33(2)3)21(30-18-7-5-16(6-8-18)22(26)27)23-31-25(36)34(32-23)24-28-9-4-10-29-24/h4-13,21,30H,14H2,1-3H3,(H3,26,27)(H,31,32,36). The first-order valence-electron chi connectivity index (χ1n) is 11.3. The van der Waals surface area contributed by atoms with E-state index in [1.165, 1.54) is 17.3 Å². The molecule has 2 aromatic heterocycles. The Bertz CT molecular complexity index is 1460. The van der Waals surface area contributed by atoms with Crippen molar-refractivity contribution in [2.45, 2.75) is 13.0 Å². The molecule has 4 rings (SSSR count). The van der Waals surface area contributed by atoms with Gasteiger partial charge in [-0.05, 0) is 60.5 Å². The lowest BCUT2D eigenvalue weighted by Gasteiger charge is -2.20. The number of nitrogens with one attached hydrogen (secondary N) is 3. The van der Waals surface area contributed by atoms with Crippen LogP contribution in [-0.4, -0.2) is 62.1 Å². The number of H-pyrrole nitrogens is 1. The predicted octanol–water partition coefficient (Wildman–Crippen LogP) is 1.61. The SMILES string of the molecule is Cc1cc(OCC(=O)N(C)C)cc(C(Nc2ccc(C(=N)N)cc2)c2nn(-c3ncccn3)c(=O)[nH]2)c1. The van der Waals surface area contributed by atoms with E-state index in [0.29, 0.717) is 22.8 Å². The van der Waals surface area contributed by atoms with E-state index >= 15 is 0 Å². The molecule has 0 saturated carbocycles. The van der Waals surface area contributed by atoms with Crippen LogP contribution in [0.15, 0.2) is 65.7 Å². The maximum Gasteiger partial charge on any atom is 0.350 e. The van der Waals surface area contributed by atoms with Gasteiger partial charge < -0.3 is 20.7 Å². The first-order chi connectivity index (χ1) is 17.7. The molecular formula is C25H27N9O3. The molecule has 0 fully saturated rings. The topological polar surface area (TPSA) is 168 Å². The van der Waals surface area contributed by atoms with Gasteiger partial charge in [0.1, 0.15) is 17.6 Å². The number of aromatic amines is 1. The molecule has 0 aliphatic carbocycles.